The molecule has 3 N–H and O–H groups in total. The van der Waals surface area contributed by atoms with Crippen LogP contribution < -0.4 is 10.5 Å². The predicted molar refractivity (Wildman–Crippen MR) is 56.4 cm³/mol. The minimum Gasteiger partial charge on any atom is -0.508 e. The highest BCUT2D eigenvalue weighted by atomic mass is 16.5. The van der Waals surface area contributed by atoms with E-state index in [1.165, 1.54) is 0 Å². The van der Waals surface area contributed by atoms with Crippen LogP contribution in [0.5, 0.6) is 11.5 Å². The molecule has 0 heterocycles. The number of phenols is 1. The van der Waals surface area contributed by atoms with Crippen molar-refractivity contribution in [2.24, 2.45) is 5.73 Å². The van der Waals surface area contributed by atoms with Gasteiger partial charge in [0.15, 0.2) is 0 Å². The number of benzene rings is 1. The lowest BCUT2D eigenvalue weighted by atomic mass is 10.0. The molecule has 0 aliphatic heterocycles. The molecule has 0 aliphatic rings. The summed E-state index contributed by atoms with van der Waals surface area (Å²) in [5, 5.41) is 9.56. The molecule has 0 saturated heterocycles. The van der Waals surface area contributed by atoms with Crippen LogP contribution in [-0.2, 0) is 0 Å². The maximum atomic E-state index is 9.56. The summed E-state index contributed by atoms with van der Waals surface area (Å²) in [4.78, 5) is 0. The average Bonchev–Trinajstić information content (AvgIpc) is 2.19. The summed E-state index contributed by atoms with van der Waals surface area (Å²) in [5.74, 6) is 0.887. The van der Waals surface area contributed by atoms with Crippen LogP contribution in [0.15, 0.2) is 30.9 Å². The van der Waals surface area contributed by atoms with Crippen molar-refractivity contribution in [3.05, 3.63) is 36.4 Å². The van der Waals surface area contributed by atoms with Gasteiger partial charge in [0.1, 0.15) is 11.5 Å². The SMILES string of the molecule is C=CC[C@H](N)c1cc(OC)ccc1O. The van der Waals surface area contributed by atoms with Crippen LogP contribution in [0.25, 0.3) is 0 Å². The molecule has 0 aromatic heterocycles. The first kappa shape index (κ1) is 10.6. The summed E-state index contributed by atoms with van der Waals surface area (Å²) in [6.45, 7) is 3.61. The molecule has 0 amide bonds. The monoisotopic (exact) mass is 193 g/mol. The molecular formula is C11H15NO2. The third kappa shape index (κ3) is 2.26. The van der Waals surface area contributed by atoms with E-state index in [0.717, 1.165) is 0 Å². The smallest absolute Gasteiger partial charge is 0.120 e. The number of hydrogen-bond acceptors (Lipinski definition) is 3. The summed E-state index contributed by atoms with van der Waals surface area (Å²) in [6.07, 6.45) is 2.35. The summed E-state index contributed by atoms with van der Waals surface area (Å²) < 4.78 is 5.05. The number of phenolic OH excluding ortho intramolecular Hbond substituents is 1. The largest absolute Gasteiger partial charge is 0.508 e. The van der Waals surface area contributed by atoms with Gasteiger partial charge in [0.25, 0.3) is 0 Å². The second-order valence-corrected chi connectivity index (χ2v) is 3.06. The van der Waals surface area contributed by atoms with E-state index in [1.54, 1.807) is 31.4 Å². The Balaban J connectivity index is 2.98. The zero-order valence-corrected chi connectivity index (χ0v) is 8.23. The minimum absolute atomic E-state index is 0.195. The highest BCUT2D eigenvalue weighted by molar-refractivity contribution is 5.41. The van der Waals surface area contributed by atoms with Crippen molar-refractivity contribution < 1.29 is 9.84 Å². The molecule has 0 radical (unpaired) electrons. The van der Waals surface area contributed by atoms with E-state index in [9.17, 15) is 5.11 Å². The fourth-order valence-electron chi connectivity index (χ4n) is 1.26. The van der Waals surface area contributed by atoms with Gasteiger partial charge in [-0.15, -0.1) is 6.58 Å². The molecule has 76 valence electrons. The number of aromatic hydroxyl groups is 1. The van der Waals surface area contributed by atoms with Gasteiger partial charge >= 0.3 is 0 Å². The van der Waals surface area contributed by atoms with Crippen molar-refractivity contribution in [3.8, 4) is 11.5 Å². The van der Waals surface area contributed by atoms with Gasteiger partial charge in [-0.05, 0) is 24.6 Å². The number of rotatable bonds is 4. The number of nitrogens with two attached hydrogens (primary N) is 1. The molecule has 3 heteroatoms. The van der Waals surface area contributed by atoms with E-state index in [1.807, 2.05) is 0 Å². The van der Waals surface area contributed by atoms with Crippen molar-refractivity contribution in [3.63, 3.8) is 0 Å². The van der Waals surface area contributed by atoms with Crippen molar-refractivity contribution >= 4 is 0 Å². The van der Waals surface area contributed by atoms with E-state index >= 15 is 0 Å². The molecule has 0 spiro atoms. The van der Waals surface area contributed by atoms with Gasteiger partial charge in [-0.1, -0.05) is 6.08 Å². The van der Waals surface area contributed by atoms with E-state index in [-0.39, 0.29) is 11.8 Å². The maximum absolute atomic E-state index is 9.56. The molecule has 3 nitrogen and oxygen atoms in total. The van der Waals surface area contributed by atoms with Crippen molar-refractivity contribution in [2.45, 2.75) is 12.5 Å². The predicted octanol–water partition coefficient (Wildman–Crippen LogP) is 1.98. The lowest BCUT2D eigenvalue weighted by Crippen LogP contribution is -2.09. The van der Waals surface area contributed by atoms with Crippen LogP contribution in [0.1, 0.15) is 18.0 Å². The standard InChI is InChI=1S/C11H15NO2/c1-3-4-10(12)9-7-8(14-2)5-6-11(9)13/h3,5-7,10,13H,1,4,12H2,2H3/t10-/m0/s1. The number of hydrogen-bond donors (Lipinski definition) is 2. The van der Waals surface area contributed by atoms with Crippen LogP contribution in [0.4, 0.5) is 0 Å². The summed E-state index contributed by atoms with van der Waals surface area (Å²) in [7, 11) is 1.58. The van der Waals surface area contributed by atoms with Gasteiger partial charge in [0.05, 0.1) is 7.11 Å². The molecule has 14 heavy (non-hydrogen) atoms. The van der Waals surface area contributed by atoms with E-state index in [0.29, 0.717) is 17.7 Å². The molecule has 0 saturated carbocycles. The quantitative estimate of drug-likeness (QED) is 0.719. The van der Waals surface area contributed by atoms with Crippen molar-refractivity contribution in [2.75, 3.05) is 7.11 Å². The van der Waals surface area contributed by atoms with Gasteiger partial charge in [0, 0.05) is 11.6 Å². The Morgan fingerprint density at radius 2 is 2.36 bits per heavy atom. The Morgan fingerprint density at radius 3 is 2.93 bits per heavy atom. The molecule has 1 atom stereocenters. The van der Waals surface area contributed by atoms with Gasteiger partial charge in [-0.25, -0.2) is 0 Å². The molecule has 0 aliphatic carbocycles. The summed E-state index contributed by atoms with van der Waals surface area (Å²) in [5.41, 5.74) is 6.53. The Kier molecular flexibility index (Phi) is 3.54. The molecular weight excluding hydrogens is 178 g/mol. The fraction of sp³-hybridized carbons (Fsp3) is 0.273. The van der Waals surface area contributed by atoms with Gasteiger partial charge in [-0.2, -0.15) is 0 Å². The van der Waals surface area contributed by atoms with Crippen molar-refractivity contribution in [1.29, 1.82) is 0 Å². The highest BCUT2D eigenvalue weighted by Crippen LogP contribution is 2.28. The van der Waals surface area contributed by atoms with Crippen LogP contribution in [-0.4, -0.2) is 12.2 Å². The van der Waals surface area contributed by atoms with Crippen LogP contribution in [0, 0.1) is 0 Å². The Morgan fingerprint density at radius 1 is 1.64 bits per heavy atom. The first-order valence-corrected chi connectivity index (χ1v) is 4.42. The number of methoxy groups -OCH3 is 1. The Labute approximate surface area is 83.8 Å². The average molecular weight is 193 g/mol. The molecule has 1 aromatic rings. The summed E-state index contributed by atoms with van der Waals surface area (Å²) in [6, 6.07) is 4.78. The molecule has 1 rings (SSSR count). The van der Waals surface area contributed by atoms with Gasteiger partial charge in [-0.3, -0.25) is 0 Å². The Hall–Kier alpha value is -1.48. The Bertz CT molecular complexity index is 323. The van der Waals surface area contributed by atoms with Crippen molar-refractivity contribution in [1.82, 2.24) is 0 Å². The summed E-state index contributed by atoms with van der Waals surface area (Å²) >= 11 is 0. The second kappa shape index (κ2) is 4.67. The first-order valence-electron chi connectivity index (χ1n) is 4.42. The van der Waals surface area contributed by atoms with E-state index in [2.05, 4.69) is 6.58 Å². The van der Waals surface area contributed by atoms with Gasteiger partial charge in [0.2, 0.25) is 0 Å². The number of ether oxygens (including phenoxy) is 1. The van der Waals surface area contributed by atoms with E-state index in [4.69, 9.17) is 10.5 Å². The van der Waals surface area contributed by atoms with Gasteiger partial charge < -0.3 is 15.6 Å². The second-order valence-electron chi connectivity index (χ2n) is 3.06. The maximum Gasteiger partial charge on any atom is 0.120 e. The lowest BCUT2D eigenvalue weighted by molar-refractivity contribution is 0.409. The topological polar surface area (TPSA) is 55.5 Å². The lowest BCUT2D eigenvalue weighted by Gasteiger charge is -2.12. The third-order valence-electron chi connectivity index (χ3n) is 2.05. The molecule has 1 aromatic carbocycles. The minimum atomic E-state index is -0.234. The van der Waals surface area contributed by atoms with E-state index < -0.39 is 0 Å². The normalized spacial score (nSPS) is 12.1. The zero-order chi connectivity index (χ0) is 10.6. The van der Waals surface area contributed by atoms with Crippen LogP contribution in [0.3, 0.4) is 0 Å². The fourth-order valence-corrected chi connectivity index (χ4v) is 1.26. The van der Waals surface area contributed by atoms with Crippen LogP contribution in [0.2, 0.25) is 0 Å². The zero-order valence-electron chi connectivity index (χ0n) is 8.23. The van der Waals surface area contributed by atoms with Crippen LogP contribution >= 0.6 is 0 Å². The highest BCUT2D eigenvalue weighted by Gasteiger charge is 2.10. The third-order valence-corrected chi connectivity index (χ3v) is 2.05. The molecule has 0 unspecified atom stereocenters. The molecule has 0 fully saturated rings. The first-order chi connectivity index (χ1) is 6.69. The molecule has 0 bridgehead atoms.